The predicted octanol–water partition coefficient (Wildman–Crippen LogP) is 11.7. The van der Waals surface area contributed by atoms with Crippen LogP contribution in [0.4, 0.5) is 0 Å². The smallest absolute Gasteiger partial charge is 0.306 e. The minimum Gasteiger partial charge on any atom is -0.544 e. The van der Waals surface area contributed by atoms with Gasteiger partial charge in [0.2, 0.25) is 0 Å². The molecule has 0 aromatic heterocycles. The Kier molecular flexibility index (Phi) is 39.3. The van der Waals surface area contributed by atoms with Gasteiger partial charge in [-0.1, -0.05) is 150 Å². The van der Waals surface area contributed by atoms with Crippen LogP contribution in [0.3, 0.4) is 0 Å². The van der Waals surface area contributed by atoms with Crippen LogP contribution in [0.1, 0.15) is 162 Å². The third-order valence-electron chi connectivity index (χ3n) is 9.72. The van der Waals surface area contributed by atoms with Crippen LogP contribution in [0.2, 0.25) is 0 Å². The molecular formula is C52H85NO7. The van der Waals surface area contributed by atoms with Crippen LogP contribution in [0.25, 0.3) is 0 Å². The van der Waals surface area contributed by atoms with E-state index in [9.17, 15) is 19.5 Å². The average molecular weight is 836 g/mol. The highest BCUT2D eigenvalue weighted by Crippen LogP contribution is 2.13. The Labute approximate surface area is 366 Å². The molecule has 0 saturated heterocycles. The number of carboxylic acid groups (broad SMARTS) is 1. The maximum absolute atomic E-state index is 12.7. The van der Waals surface area contributed by atoms with E-state index in [1.54, 1.807) is 21.1 Å². The van der Waals surface area contributed by atoms with Crippen LogP contribution in [-0.4, -0.2) is 75.5 Å². The van der Waals surface area contributed by atoms with E-state index >= 15 is 0 Å². The third kappa shape index (κ3) is 39.7. The van der Waals surface area contributed by atoms with E-state index in [4.69, 9.17) is 14.2 Å². The van der Waals surface area contributed by atoms with E-state index in [2.05, 4.69) is 111 Å². The Morgan fingerprint density at radius 3 is 1.32 bits per heavy atom. The van der Waals surface area contributed by atoms with E-state index < -0.39 is 18.1 Å². The first-order valence-electron chi connectivity index (χ1n) is 23.3. The molecule has 0 fully saturated rings. The molecule has 0 bridgehead atoms. The number of quaternary nitrogens is 1. The summed E-state index contributed by atoms with van der Waals surface area (Å²) in [6.45, 7) is 4.37. The van der Waals surface area contributed by atoms with Gasteiger partial charge in [0.25, 0.3) is 0 Å². The molecule has 0 radical (unpaired) electrons. The Hall–Kier alpha value is -3.75. The van der Waals surface area contributed by atoms with Gasteiger partial charge >= 0.3 is 11.9 Å². The molecule has 0 aliphatic rings. The number of ether oxygens (including phenoxy) is 3. The number of rotatable bonds is 40. The van der Waals surface area contributed by atoms with Gasteiger partial charge in [-0.05, 0) is 89.9 Å². The summed E-state index contributed by atoms with van der Waals surface area (Å²) in [5.74, 6) is -1.80. The van der Waals surface area contributed by atoms with E-state index in [1.807, 2.05) is 0 Å². The van der Waals surface area contributed by atoms with Gasteiger partial charge in [0, 0.05) is 19.3 Å². The Bertz CT molecular complexity index is 1300. The minimum absolute atomic E-state index is 0.0176. The zero-order chi connectivity index (χ0) is 44.2. The van der Waals surface area contributed by atoms with Crippen molar-refractivity contribution >= 4 is 17.9 Å². The fourth-order valence-corrected chi connectivity index (χ4v) is 6.17. The van der Waals surface area contributed by atoms with Crippen LogP contribution < -0.4 is 5.11 Å². The van der Waals surface area contributed by atoms with Crippen LogP contribution in [0.15, 0.2) is 97.2 Å². The van der Waals surface area contributed by atoms with E-state index in [0.29, 0.717) is 12.8 Å². The van der Waals surface area contributed by atoms with Gasteiger partial charge in [0.15, 0.2) is 6.10 Å². The Morgan fingerprint density at radius 1 is 0.500 bits per heavy atom. The standard InChI is InChI=1S/C52H85NO7/c1-6-8-10-12-14-16-18-20-22-24-25-27-29-31-33-35-37-39-41-43-51(55)60-48(46-58-45-44-49(52(56)57)53(3,4)5)47-59-50(54)42-40-38-36-34-32-30-28-26-23-21-19-17-15-13-11-9-7-2/h8-11,14-17,20-23,25,27,31,33,48-49H,6-7,12-13,18-19,24,26,28-30,32,34-47H2,1-5H3/b10-8-,11-9-,16-14-,17-15-,22-20-,23-21-,27-25-,33-31-. The number of hydrogen-bond donors (Lipinski definition) is 0. The van der Waals surface area contributed by atoms with Crippen molar-refractivity contribution in [3.63, 3.8) is 0 Å². The molecule has 0 aromatic rings. The summed E-state index contributed by atoms with van der Waals surface area (Å²) >= 11 is 0. The summed E-state index contributed by atoms with van der Waals surface area (Å²) < 4.78 is 17.1. The summed E-state index contributed by atoms with van der Waals surface area (Å²) in [7, 11) is 5.38. The number of aliphatic carboxylic acids is 1. The molecule has 0 spiro atoms. The highest BCUT2D eigenvalue weighted by Gasteiger charge is 2.25. The largest absolute Gasteiger partial charge is 0.544 e. The first-order chi connectivity index (χ1) is 29.1. The molecule has 0 aliphatic carbocycles. The molecule has 0 rings (SSSR count). The molecule has 2 atom stereocenters. The zero-order valence-corrected chi connectivity index (χ0v) is 38.6. The van der Waals surface area contributed by atoms with Gasteiger partial charge < -0.3 is 28.6 Å². The Morgan fingerprint density at radius 2 is 0.883 bits per heavy atom. The van der Waals surface area contributed by atoms with E-state index in [0.717, 1.165) is 96.3 Å². The molecule has 0 N–H and O–H groups in total. The quantitative estimate of drug-likeness (QED) is 0.0262. The highest BCUT2D eigenvalue weighted by atomic mass is 16.6. The molecule has 0 amide bonds. The van der Waals surface area contributed by atoms with Crippen molar-refractivity contribution in [2.24, 2.45) is 0 Å². The number of nitrogens with zero attached hydrogens (tertiary/aromatic N) is 1. The number of allylic oxidation sites excluding steroid dienone is 16. The number of likely N-dealkylation sites (N-methyl/N-ethyl adjacent to an activating group) is 1. The summed E-state index contributed by atoms with van der Waals surface area (Å²) in [6, 6.07) is -0.740. The van der Waals surface area contributed by atoms with E-state index in [-0.39, 0.29) is 49.1 Å². The second kappa shape index (κ2) is 42.0. The average Bonchev–Trinajstić information content (AvgIpc) is 3.21. The number of carbonyl (C=O) groups excluding carboxylic acids is 3. The second-order valence-electron chi connectivity index (χ2n) is 16.2. The first-order valence-corrected chi connectivity index (χ1v) is 23.3. The van der Waals surface area contributed by atoms with Crippen LogP contribution in [0.5, 0.6) is 0 Å². The summed E-state index contributed by atoms with van der Waals surface area (Å²) in [5, 5.41) is 11.6. The molecule has 0 heterocycles. The maximum atomic E-state index is 12.7. The number of carbonyl (C=O) groups is 3. The minimum atomic E-state index is -1.14. The lowest BCUT2D eigenvalue weighted by atomic mass is 10.1. The van der Waals surface area contributed by atoms with Crippen molar-refractivity contribution in [2.45, 2.75) is 174 Å². The van der Waals surface area contributed by atoms with Crippen LogP contribution in [0, 0.1) is 0 Å². The van der Waals surface area contributed by atoms with Crippen molar-refractivity contribution in [3.05, 3.63) is 97.2 Å². The number of esters is 2. The van der Waals surface area contributed by atoms with Crippen molar-refractivity contribution in [1.29, 1.82) is 0 Å². The topological polar surface area (TPSA) is 102 Å². The number of carboxylic acids is 1. The molecule has 60 heavy (non-hydrogen) atoms. The SMILES string of the molecule is CC/C=C\C/C=C\C/C=C\C/C=C\C/C=C\CCCCCC(=O)OC(COCCC(C(=O)[O-])[N+](C)(C)C)COC(=O)CCCCCCCCC/C=C\C/C=C\C/C=C\CC. The maximum Gasteiger partial charge on any atom is 0.306 e. The fraction of sp³-hybridized carbons (Fsp3) is 0.635. The molecular weight excluding hydrogens is 751 g/mol. The molecule has 0 aliphatic heterocycles. The van der Waals surface area contributed by atoms with Gasteiger partial charge in [-0.3, -0.25) is 9.59 Å². The number of hydrogen-bond acceptors (Lipinski definition) is 7. The normalized spacial score (nSPS) is 13.8. The molecule has 8 heteroatoms. The van der Waals surface area contributed by atoms with Gasteiger partial charge in [0.05, 0.1) is 40.3 Å². The first kappa shape index (κ1) is 56.2. The monoisotopic (exact) mass is 836 g/mol. The molecule has 340 valence electrons. The molecule has 8 nitrogen and oxygen atoms in total. The van der Waals surface area contributed by atoms with Gasteiger partial charge in [-0.25, -0.2) is 0 Å². The van der Waals surface area contributed by atoms with Gasteiger partial charge in [0.1, 0.15) is 12.6 Å². The Balaban J connectivity index is 4.42. The lowest BCUT2D eigenvalue weighted by Crippen LogP contribution is -2.55. The molecule has 0 saturated carbocycles. The van der Waals surface area contributed by atoms with Crippen LogP contribution >= 0.6 is 0 Å². The summed E-state index contributed by atoms with van der Waals surface area (Å²) in [6.07, 6.45) is 55.7. The second-order valence-corrected chi connectivity index (χ2v) is 16.2. The van der Waals surface area contributed by atoms with Crippen molar-refractivity contribution in [2.75, 3.05) is 41.0 Å². The lowest BCUT2D eigenvalue weighted by Gasteiger charge is -2.34. The summed E-state index contributed by atoms with van der Waals surface area (Å²) in [5.41, 5.74) is 0. The molecule has 2 unspecified atom stereocenters. The lowest BCUT2D eigenvalue weighted by molar-refractivity contribution is -0.889. The van der Waals surface area contributed by atoms with Crippen molar-refractivity contribution < 1.29 is 38.2 Å². The third-order valence-corrected chi connectivity index (χ3v) is 9.72. The van der Waals surface area contributed by atoms with Crippen molar-refractivity contribution in [1.82, 2.24) is 0 Å². The van der Waals surface area contributed by atoms with E-state index in [1.165, 1.54) is 25.7 Å². The van der Waals surface area contributed by atoms with Crippen molar-refractivity contribution in [3.8, 4) is 0 Å². The number of unbranched alkanes of at least 4 members (excludes halogenated alkanes) is 10. The zero-order valence-electron chi connectivity index (χ0n) is 38.6. The van der Waals surface area contributed by atoms with Gasteiger partial charge in [-0.15, -0.1) is 0 Å². The predicted molar refractivity (Wildman–Crippen MR) is 249 cm³/mol. The molecule has 0 aromatic carbocycles. The van der Waals surface area contributed by atoms with Gasteiger partial charge in [-0.2, -0.15) is 0 Å². The fourth-order valence-electron chi connectivity index (χ4n) is 6.17. The highest BCUT2D eigenvalue weighted by molar-refractivity contribution is 5.70. The van der Waals surface area contributed by atoms with Crippen LogP contribution in [-0.2, 0) is 28.6 Å². The summed E-state index contributed by atoms with van der Waals surface area (Å²) in [4.78, 5) is 36.9.